The molecule has 100 valence electrons. The van der Waals surface area contributed by atoms with E-state index >= 15 is 0 Å². The van der Waals surface area contributed by atoms with E-state index in [9.17, 15) is 9.50 Å². The summed E-state index contributed by atoms with van der Waals surface area (Å²) in [5, 5.41) is 9.50. The van der Waals surface area contributed by atoms with Gasteiger partial charge in [-0.1, -0.05) is 12.1 Å². The molecule has 0 saturated heterocycles. The second kappa shape index (κ2) is 5.85. The van der Waals surface area contributed by atoms with Crippen LogP contribution >= 0.6 is 0 Å². The van der Waals surface area contributed by atoms with Crippen molar-refractivity contribution in [1.29, 1.82) is 0 Å². The van der Waals surface area contributed by atoms with Gasteiger partial charge in [0, 0.05) is 17.9 Å². The van der Waals surface area contributed by atoms with Gasteiger partial charge in [0.1, 0.15) is 5.82 Å². The second-order valence-corrected chi connectivity index (χ2v) is 4.49. The second-order valence-electron chi connectivity index (χ2n) is 4.49. The zero-order valence-electron chi connectivity index (χ0n) is 11.2. The molecule has 0 heterocycles. The molecule has 0 bridgehead atoms. The molecule has 2 nitrogen and oxygen atoms in total. The zero-order chi connectivity index (χ0) is 13.8. The van der Waals surface area contributed by atoms with E-state index in [1.165, 1.54) is 12.1 Å². The van der Waals surface area contributed by atoms with Crippen LogP contribution < -0.4 is 4.90 Å². The molecule has 1 N–H and O–H groups in total. The third kappa shape index (κ3) is 3.12. The van der Waals surface area contributed by atoms with E-state index in [1.807, 2.05) is 31.2 Å². The quantitative estimate of drug-likeness (QED) is 0.895. The minimum absolute atomic E-state index is 0.232. The molecule has 3 heteroatoms. The largest absolute Gasteiger partial charge is 0.389 e. The van der Waals surface area contributed by atoms with Crippen LogP contribution in [0.15, 0.2) is 48.5 Å². The van der Waals surface area contributed by atoms with E-state index in [1.54, 1.807) is 19.1 Å². The first kappa shape index (κ1) is 13.6. The molecule has 0 aromatic heterocycles. The van der Waals surface area contributed by atoms with Gasteiger partial charge in [0.25, 0.3) is 0 Å². The molecule has 0 aliphatic rings. The molecule has 0 amide bonds. The third-order valence-corrected chi connectivity index (χ3v) is 3.14. The van der Waals surface area contributed by atoms with Crippen LogP contribution in [0.3, 0.4) is 0 Å². The smallest absolute Gasteiger partial charge is 0.123 e. The predicted molar refractivity (Wildman–Crippen MR) is 76.2 cm³/mol. The Morgan fingerprint density at radius 1 is 1.00 bits per heavy atom. The lowest BCUT2D eigenvalue weighted by Gasteiger charge is -2.23. The van der Waals surface area contributed by atoms with E-state index in [0.29, 0.717) is 0 Å². The number of aliphatic hydroxyl groups excluding tert-OH is 1. The van der Waals surface area contributed by atoms with Crippen LogP contribution in [0.4, 0.5) is 15.8 Å². The molecule has 0 unspecified atom stereocenters. The lowest BCUT2D eigenvalue weighted by atomic mass is 10.1. The van der Waals surface area contributed by atoms with Crippen LogP contribution in [-0.2, 0) is 0 Å². The minimum Gasteiger partial charge on any atom is -0.389 e. The highest BCUT2D eigenvalue weighted by Crippen LogP contribution is 2.26. The standard InChI is InChI=1S/C16H18FNO/c1-3-18(16-10-6-14(17)7-11-16)15-8-4-13(5-9-15)12(2)19/h4-12,19H,3H2,1-2H3/t12-/m0/s1. The highest BCUT2D eigenvalue weighted by atomic mass is 19.1. The molecule has 0 aliphatic heterocycles. The Kier molecular flexibility index (Phi) is 4.17. The van der Waals surface area contributed by atoms with Gasteiger partial charge in [-0.05, 0) is 55.8 Å². The van der Waals surface area contributed by atoms with E-state index < -0.39 is 6.10 Å². The van der Waals surface area contributed by atoms with Crippen molar-refractivity contribution in [3.8, 4) is 0 Å². The maximum Gasteiger partial charge on any atom is 0.123 e. The van der Waals surface area contributed by atoms with Crippen molar-refractivity contribution in [3.63, 3.8) is 0 Å². The lowest BCUT2D eigenvalue weighted by Crippen LogP contribution is -2.15. The van der Waals surface area contributed by atoms with E-state index in [4.69, 9.17) is 0 Å². The van der Waals surface area contributed by atoms with Crippen molar-refractivity contribution >= 4 is 11.4 Å². The van der Waals surface area contributed by atoms with Crippen LogP contribution in [0.1, 0.15) is 25.5 Å². The Hall–Kier alpha value is -1.87. The maximum atomic E-state index is 13.0. The number of benzene rings is 2. The molecule has 0 aliphatic carbocycles. The van der Waals surface area contributed by atoms with Gasteiger partial charge < -0.3 is 10.0 Å². The van der Waals surface area contributed by atoms with Crippen molar-refractivity contribution in [3.05, 3.63) is 59.9 Å². The monoisotopic (exact) mass is 259 g/mol. The summed E-state index contributed by atoms with van der Waals surface area (Å²) < 4.78 is 13.0. The molecule has 2 rings (SSSR count). The molecular formula is C16H18FNO. The zero-order valence-corrected chi connectivity index (χ0v) is 11.2. The fraction of sp³-hybridized carbons (Fsp3) is 0.250. The van der Waals surface area contributed by atoms with Gasteiger partial charge in [-0.3, -0.25) is 0 Å². The average Bonchev–Trinajstić information content (AvgIpc) is 2.42. The van der Waals surface area contributed by atoms with Crippen molar-refractivity contribution in [2.75, 3.05) is 11.4 Å². The van der Waals surface area contributed by atoms with Crippen LogP contribution in [0.25, 0.3) is 0 Å². The summed E-state index contributed by atoms with van der Waals surface area (Å²) >= 11 is 0. The Bertz CT molecular complexity index is 519. The van der Waals surface area contributed by atoms with Crippen molar-refractivity contribution in [2.45, 2.75) is 20.0 Å². The molecular weight excluding hydrogens is 241 g/mol. The van der Waals surface area contributed by atoms with Gasteiger partial charge in [0.05, 0.1) is 6.10 Å². The highest BCUT2D eigenvalue weighted by Gasteiger charge is 2.08. The molecule has 2 aromatic rings. The molecule has 1 atom stereocenters. The number of hydrogen-bond acceptors (Lipinski definition) is 2. The molecule has 0 spiro atoms. The normalized spacial score (nSPS) is 12.2. The number of halogens is 1. The Morgan fingerprint density at radius 3 is 1.89 bits per heavy atom. The van der Waals surface area contributed by atoms with Crippen molar-refractivity contribution in [2.24, 2.45) is 0 Å². The first-order valence-electron chi connectivity index (χ1n) is 6.43. The Labute approximate surface area is 113 Å². The molecule has 19 heavy (non-hydrogen) atoms. The highest BCUT2D eigenvalue weighted by molar-refractivity contribution is 5.63. The van der Waals surface area contributed by atoms with Crippen molar-refractivity contribution < 1.29 is 9.50 Å². The summed E-state index contributed by atoms with van der Waals surface area (Å²) in [5.74, 6) is -0.232. The van der Waals surface area contributed by atoms with Gasteiger partial charge >= 0.3 is 0 Å². The summed E-state index contributed by atoms with van der Waals surface area (Å²) in [4.78, 5) is 2.09. The summed E-state index contributed by atoms with van der Waals surface area (Å²) in [7, 11) is 0. The molecule has 0 fully saturated rings. The Balaban J connectivity index is 2.28. The SMILES string of the molecule is CCN(c1ccc(F)cc1)c1ccc([C@H](C)O)cc1. The van der Waals surface area contributed by atoms with Crippen LogP contribution in [0.5, 0.6) is 0 Å². The van der Waals surface area contributed by atoms with Crippen LogP contribution in [0.2, 0.25) is 0 Å². The number of anilines is 2. The van der Waals surface area contributed by atoms with Crippen LogP contribution in [0, 0.1) is 5.82 Å². The van der Waals surface area contributed by atoms with Crippen molar-refractivity contribution in [1.82, 2.24) is 0 Å². The van der Waals surface area contributed by atoms with E-state index in [-0.39, 0.29) is 5.82 Å². The predicted octanol–water partition coefficient (Wildman–Crippen LogP) is 4.04. The first-order valence-corrected chi connectivity index (χ1v) is 6.43. The van der Waals surface area contributed by atoms with Gasteiger partial charge in [-0.15, -0.1) is 0 Å². The molecule has 2 aromatic carbocycles. The summed E-state index contributed by atoms with van der Waals surface area (Å²) in [6.45, 7) is 4.58. The maximum absolute atomic E-state index is 13.0. The molecule has 0 saturated carbocycles. The number of rotatable bonds is 4. The number of hydrogen-bond donors (Lipinski definition) is 1. The van der Waals surface area contributed by atoms with Crippen LogP contribution in [-0.4, -0.2) is 11.7 Å². The third-order valence-electron chi connectivity index (χ3n) is 3.14. The van der Waals surface area contributed by atoms with Gasteiger partial charge in [0.2, 0.25) is 0 Å². The molecule has 0 radical (unpaired) electrons. The number of aliphatic hydroxyl groups is 1. The topological polar surface area (TPSA) is 23.5 Å². The summed E-state index contributed by atoms with van der Waals surface area (Å²) in [6, 6.07) is 14.2. The fourth-order valence-corrected chi connectivity index (χ4v) is 2.07. The van der Waals surface area contributed by atoms with Gasteiger partial charge in [0.15, 0.2) is 0 Å². The van der Waals surface area contributed by atoms with Gasteiger partial charge in [-0.25, -0.2) is 4.39 Å². The lowest BCUT2D eigenvalue weighted by molar-refractivity contribution is 0.199. The van der Waals surface area contributed by atoms with Gasteiger partial charge in [-0.2, -0.15) is 0 Å². The Morgan fingerprint density at radius 2 is 1.47 bits per heavy atom. The number of nitrogens with zero attached hydrogens (tertiary/aromatic N) is 1. The van der Waals surface area contributed by atoms with E-state index in [0.717, 1.165) is 23.5 Å². The summed E-state index contributed by atoms with van der Waals surface area (Å²) in [5.41, 5.74) is 2.87. The minimum atomic E-state index is -0.463. The summed E-state index contributed by atoms with van der Waals surface area (Å²) in [6.07, 6.45) is -0.463. The fourth-order valence-electron chi connectivity index (χ4n) is 2.07. The van der Waals surface area contributed by atoms with E-state index in [2.05, 4.69) is 4.90 Å². The average molecular weight is 259 g/mol. The first-order chi connectivity index (χ1) is 9.11.